The topological polar surface area (TPSA) is 112 Å². The van der Waals surface area contributed by atoms with Gasteiger partial charge < -0.3 is 25.3 Å². The Balaban J connectivity index is 0.00000324. The van der Waals surface area contributed by atoms with Gasteiger partial charge in [0.2, 0.25) is 5.56 Å². The molecular weight excluding hydrogens is 456 g/mol. The SMILES string of the molecule is CCc1cc2c(cc1CC)CC(NCC(O)c1ccc(OC(=O)CO)c3[nH]c(=O)ccc13)C2.Cl. The zero-order chi connectivity index (χ0) is 23.5. The van der Waals surface area contributed by atoms with Crippen LogP contribution in [-0.4, -0.2) is 40.4 Å². The lowest BCUT2D eigenvalue weighted by Gasteiger charge is -2.19. The summed E-state index contributed by atoms with van der Waals surface area (Å²) in [6.07, 6.45) is 3.12. The highest BCUT2D eigenvalue weighted by Gasteiger charge is 2.24. The second-order valence-corrected chi connectivity index (χ2v) is 8.52. The minimum absolute atomic E-state index is 0. The zero-order valence-electron chi connectivity index (χ0n) is 19.4. The van der Waals surface area contributed by atoms with Crippen molar-refractivity contribution in [2.45, 2.75) is 51.7 Å². The average molecular weight is 487 g/mol. The number of nitrogens with one attached hydrogen (secondary N) is 2. The molecule has 1 unspecified atom stereocenters. The molecule has 1 aromatic heterocycles. The number of aromatic nitrogens is 1. The number of carbonyl (C=O) groups is 1. The molecule has 0 saturated carbocycles. The third-order valence-corrected chi connectivity index (χ3v) is 6.42. The number of hydrogen-bond donors (Lipinski definition) is 4. The Hall–Kier alpha value is -2.71. The van der Waals surface area contributed by atoms with Gasteiger partial charge in [0.05, 0.1) is 11.6 Å². The summed E-state index contributed by atoms with van der Waals surface area (Å²) in [5, 5.41) is 24.0. The molecule has 1 heterocycles. The average Bonchev–Trinajstić information content (AvgIpc) is 3.23. The number of esters is 1. The standard InChI is InChI=1S/C26H30N2O5.ClH/c1-3-15-9-17-11-19(12-18(17)10-16(15)4-2)27-13-22(30)20-5-7-23(33-25(32)14-29)26-21(20)6-8-24(31)28-26;/h5-10,19,22,27,29-30H,3-4,11-14H2,1-2H3,(H,28,31);1H. The van der Waals surface area contributed by atoms with Crippen LogP contribution in [0.4, 0.5) is 0 Å². The van der Waals surface area contributed by atoms with E-state index >= 15 is 0 Å². The first-order valence-electron chi connectivity index (χ1n) is 11.5. The third-order valence-electron chi connectivity index (χ3n) is 6.42. The van der Waals surface area contributed by atoms with Crippen LogP contribution >= 0.6 is 12.4 Å². The monoisotopic (exact) mass is 486 g/mol. The minimum atomic E-state index is -0.825. The molecule has 0 amide bonds. The van der Waals surface area contributed by atoms with Gasteiger partial charge >= 0.3 is 5.97 Å². The molecule has 7 nitrogen and oxygen atoms in total. The molecule has 0 bridgehead atoms. The van der Waals surface area contributed by atoms with Gasteiger partial charge in [-0.25, -0.2) is 4.79 Å². The molecular formula is C26H31ClN2O5. The number of H-pyrrole nitrogens is 1. The van der Waals surface area contributed by atoms with Crippen molar-refractivity contribution in [3.63, 3.8) is 0 Å². The van der Waals surface area contributed by atoms with Crippen LogP contribution in [-0.2, 0) is 30.5 Å². The zero-order valence-corrected chi connectivity index (χ0v) is 20.2. The molecule has 0 spiro atoms. The molecule has 0 aliphatic heterocycles. The van der Waals surface area contributed by atoms with E-state index < -0.39 is 18.7 Å². The van der Waals surface area contributed by atoms with Gasteiger partial charge in [-0.15, -0.1) is 12.4 Å². The van der Waals surface area contributed by atoms with E-state index in [0.29, 0.717) is 23.0 Å². The molecule has 3 aromatic rings. The first kappa shape index (κ1) is 25.9. The van der Waals surface area contributed by atoms with Gasteiger partial charge in [0.25, 0.3) is 0 Å². The number of ether oxygens (including phenoxy) is 1. The Morgan fingerprint density at radius 1 is 1.12 bits per heavy atom. The van der Waals surface area contributed by atoms with E-state index in [4.69, 9.17) is 9.84 Å². The number of pyridine rings is 1. The van der Waals surface area contributed by atoms with Crippen LogP contribution in [0.15, 0.2) is 41.2 Å². The molecule has 1 aliphatic carbocycles. The molecule has 8 heteroatoms. The van der Waals surface area contributed by atoms with Crippen molar-refractivity contribution in [1.29, 1.82) is 0 Å². The number of aliphatic hydroxyl groups excluding tert-OH is 2. The van der Waals surface area contributed by atoms with Crippen LogP contribution in [0.5, 0.6) is 5.75 Å². The van der Waals surface area contributed by atoms with Crippen molar-refractivity contribution in [3.8, 4) is 5.75 Å². The van der Waals surface area contributed by atoms with Gasteiger partial charge in [-0.1, -0.05) is 32.0 Å². The van der Waals surface area contributed by atoms with E-state index in [1.54, 1.807) is 12.1 Å². The van der Waals surface area contributed by atoms with Crippen molar-refractivity contribution in [1.82, 2.24) is 10.3 Å². The van der Waals surface area contributed by atoms with Crippen molar-refractivity contribution in [3.05, 3.63) is 74.6 Å². The van der Waals surface area contributed by atoms with E-state index in [0.717, 1.165) is 25.7 Å². The fraction of sp³-hybridized carbons (Fsp3) is 0.385. The molecule has 1 aliphatic rings. The first-order valence-corrected chi connectivity index (χ1v) is 11.5. The highest BCUT2D eigenvalue weighted by Crippen LogP contribution is 2.31. The van der Waals surface area contributed by atoms with E-state index in [1.807, 2.05) is 0 Å². The minimum Gasteiger partial charge on any atom is -0.423 e. The number of fused-ring (bicyclic) bond motifs is 2. The van der Waals surface area contributed by atoms with Crippen molar-refractivity contribution in [2.24, 2.45) is 0 Å². The van der Waals surface area contributed by atoms with Gasteiger partial charge in [-0.05, 0) is 65.6 Å². The Morgan fingerprint density at radius 2 is 1.76 bits per heavy atom. The number of carbonyl (C=O) groups excluding carboxylic acids is 1. The van der Waals surface area contributed by atoms with Crippen LogP contribution in [0, 0.1) is 0 Å². The first-order chi connectivity index (χ1) is 15.9. The summed E-state index contributed by atoms with van der Waals surface area (Å²) in [6, 6.07) is 11.1. The molecule has 1 atom stereocenters. The number of benzene rings is 2. The Bertz CT molecular complexity index is 1210. The predicted octanol–water partition coefficient (Wildman–Crippen LogP) is 2.76. The number of aryl methyl sites for hydroxylation is 2. The fourth-order valence-electron chi connectivity index (χ4n) is 4.74. The van der Waals surface area contributed by atoms with E-state index in [9.17, 15) is 14.7 Å². The lowest BCUT2D eigenvalue weighted by molar-refractivity contribution is -0.137. The lowest BCUT2D eigenvalue weighted by atomic mass is 9.97. The van der Waals surface area contributed by atoms with Crippen LogP contribution in [0.25, 0.3) is 10.9 Å². The number of rotatable bonds is 8. The summed E-state index contributed by atoms with van der Waals surface area (Å²) in [4.78, 5) is 26.0. The lowest BCUT2D eigenvalue weighted by Crippen LogP contribution is -2.33. The molecule has 4 rings (SSSR count). The summed E-state index contributed by atoms with van der Waals surface area (Å²) in [7, 11) is 0. The molecule has 4 N–H and O–H groups in total. The highest BCUT2D eigenvalue weighted by molar-refractivity contribution is 5.90. The maximum absolute atomic E-state index is 11.9. The summed E-state index contributed by atoms with van der Waals surface area (Å²) in [5.74, 6) is -0.690. The van der Waals surface area contributed by atoms with Crippen LogP contribution in [0.2, 0.25) is 0 Å². The molecule has 182 valence electrons. The molecule has 2 aromatic carbocycles. The Morgan fingerprint density at radius 3 is 2.35 bits per heavy atom. The third kappa shape index (κ3) is 5.33. The molecule has 0 fully saturated rings. The molecule has 0 radical (unpaired) electrons. The van der Waals surface area contributed by atoms with Crippen LogP contribution < -0.4 is 15.6 Å². The smallest absolute Gasteiger partial charge is 0.337 e. The van der Waals surface area contributed by atoms with E-state index in [2.05, 4.69) is 36.3 Å². The van der Waals surface area contributed by atoms with Gasteiger partial charge in [-0.2, -0.15) is 0 Å². The maximum Gasteiger partial charge on any atom is 0.337 e. The second-order valence-electron chi connectivity index (χ2n) is 8.52. The number of aromatic amines is 1. The number of hydrogen-bond acceptors (Lipinski definition) is 6. The quantitative estimate of drug-likeness (QED) is 0.288. The summed E-state index contributed by atoms with van der Waals surface area (Å²) in [6.45, 7) is 3.96. The largest absolute Gasteiger partial charge is 0.423 e. The fourth-order valence-corrected chi connectivity index (χ4v) is 4.74. The van der Waals surface area contributed by atoms with Crippen molar-refractivity contribution >= 4 is 29.3 Å². The van der Waals surface area contributed by atoms with Crippen molar-refractivity contribution < 1.29 is 19.7 Å². The summed E-state index contributed by atoms with van der Waals surface area (Å²) < 4.78 is 5.12. The van der Waals surface area contributed by atoms with E-state index in [-0.39, 0.29) is 29.8 Å². The highest BCUT2D eigenvalue weighted by atomic mass is 35.5. The van der Waals surface area contributed by atoms with E-state index in [1.165, 1.54) is 34.4 Å². The maximum atomic E-state index is 11.9. The summed E-state index contributed by atoms with van der Waals surface area (Å²) >= 11 is 0. The molecule has 34 heavy (non-hydrogen) atoms. The van der Waals surface area contributed by atoms with Crippen LogP contribution in [0.3, 0.4) is 0 Å². The summed E-state index contributed by atoms with van der Waals surface area (Å²) in [5.41, 5.74) is 6.18. The van der Waals surface area contributed by atoms with Crippen molar-refractivity contribution in [2.75, 3.05) is 13.2 Å². The van der Waals surface area contributed by atoms with Gasteiger partial charge in [0, 0.05) is 24.0 Å². The van der Waals surface area contributed by atoms with Gasteiger partial charge in [-0.3, -0.25) is 4.79 Å². The number of halogens is 1. The number of aliphatic hydroxyl groups is 2. The molecule has 0 saturated heterocycles. The van der Waals surface area contributed by atoms with Gasteiger partial charge in [0.1, 0.15) is 6.61 Å². The Kier molecular flexibility index (Phi) is 8.49. The van der Waals surface area contributed by atoms with Gasteiger partial charge in [0.15, 0.2) is 5.75 Å². The Labute approximate surface area is 204 Å². The van der Waals surface area contributed by atoms with Crippen LogP contribution in [0.1, 0.15) is 47.8 Å². The second kappa shape index (κ2) is 11.1. The normalized spacial score (nSPS) is 14.0. The predicted molar refractivity (Wildman–Crippen MR) is 134 cm³/mol.